The summed E-state index contributed by atoms with van der Waals surface area (Å²) in [7, 11) is 0. The minimum absolute atomic E-state index is 0.124. The van der Waals surface area contributed by atoms with Gasteiger partial charge in [0.15, 0.2) is 0 Å². The summed E-state index contributed by atoms with van der Waals surface area (Å²) in [6.07, 6.45) is 0. The van der Waals surface area contributed by atoms with Gasteiger partial charge in [0, 0.05) is 12.7 Å². The molecule has 1 aromatic carbocycles. The zero-order chi connectivity index (χ0) is 13.5. The van der Waals surface area contributed by atoms with Crippen LogP contribution in [0.3, 0.4) is 0 Å². The molecule has 0 fully saturated rings. The Labute approximate surface area is 102 Å². The van der Waals surface area contributed by atoms with Crippen LogP contribution in [0, 0.1) is 5.82 Å². The minimum Gasteiger partial charge on any atom is -0.435 e. The number of anilines is 1. The van der Waals surface area contributed by atoms with Gasteiger partial charge in [-0.2, -0.15) is 8.78 Å². The highest BCUT2D eigenvalue weighted by molar-refractivity contribution is 5.91. The van der Waals surface area contributed by atoms with Crippen molar-refractivity contribution in [1.82, 2.24) is 0 Å². The lowest BCUT2D eigenvalue weighted by Gasteiger charge is -2.08. The third-order valence-corrected chi connectivity index (χ3v) is 1.88. The summed E-state index contributed by atoms with van der Waals surface area (Å²) < 4.78 is 46.0. The summed E-state index contributed by atoms with van der Waals surface area (Å²) in [5.41, 5.74) is -0.124. The van der Waals surface area contributed by atoms with Crippen LogP contribution in [-0.4, -0.2) is 25.7 Å². The highest BCUT2D eigenvalue weighted by atomic mass is 19.3. The van der Waals surface area contributed by atoms with Crippen molar-refractivity contribution < 1.29 is 27.4 Å². The number of carbonyl (C=O) groups excluding carboxylic acids is 1. The van der Waals surface area contributed by atoms with E-state index in [0.717, 1.165) is 18.2 Å². The van der Waals surface area contributed by atoms with Crippen LogP contribution in [-0.2, 0) is 9.53 Å². The molecule has 18 heavy (non-hydrogen) atoms. The molecule has 1 amide bonds. The van der Waals surface area contributed by atoms with E-state index in [1.54, 1.807) is 6.92 Å². The average Bonchev–Trinajstić information content (AvgIpc) is 2.29. The average molecular weight is 263 g/mol. The van der Waals surface area contributed by atoms with E-state index in [4.69, 9.17) is 4.74 Å². The van der Waals surface area contributed by atoms with E-state index in [2.05, 4.69) is 10.1 Å². The molecule has 1 N–H and O–H groups in total. The molecule has 1 rings (SSSR count). The molecule has 0 saturated carbocycles. The van der Waals surface area contributed by atoms with Gasteiger partial charge in [0.05, 0.1) is 5.69 Å². The number of benzene rings is 1. The Bertz CT molecular complexity index is 413. The third kappa shape index (κ3) is 4.62. The summed E-state index contributed by atoms with van der Waals surface area (Å²) in [6.45, 7) is -1.16. The van der Waals surface area contributed by atoms with Crippen molar-refractivity contribution in [1.29, 1.82) is 0 Å². The largest absolute Gasteiger partial charge is 0.435 e. The van der Waals surface area contributed by atoms with E-state index in [9.17, 15) is 18.0 Å². The summed E-state index contributed by atoms with van der Waals surface area (Å²) in [5.74, 6) is -1.71. The normalized spacial score (nSPS) is 10.5. The Hall–Kier alpha value is -1.76. The minimum atomic E-state index is -3.03. The van der Waals surface area contributed by atoms with Crippen molar-refractivity contribution in [3.63, 3.8) is 0 Å². The van der Waals surface area contributed by atoms with Crippen LogP contribution in [0.15, 0.2) is 18.2 Å². The number of rotatable bonds is 6. The molecular weight excluding hydrogens is 251 g/mol. The van der Waals surface area contributed by atoms with Gasteiger partial charge in [-0.05, 0) is 19.1 Å². The highest BCUT2D eigenvalue weighted by Gasteiger charge is 2.10. The zero-order valence-electron chi connectivity index (χ0n) is 9.58. The van der Waals surface area contributed by atoms with E-state index in [0.29, 0.717) is 6.61 Å². The topological polar surface area (TPSA) is 47.6 Å². The van der Waals surface area contributed by atoms with Crippen LogP contribution < -0.4 is 10.1 Å². The van der Waals surface area contributed by atoms with Crippen LogP contribution in [0.25, 0.3) is 0 Å². The molecule has 0 spiro atoms. The van der Waals surface area contributed by atoms with Crippen LogP contribution in [0.5, 0.6) is 5.75 Å². The Morgan fingerprint density at radius 1 is 1.44 bits per heavy atom. The Morgan fingerprint density at radius 3 is 2.72 bits per heavy atom. The molecule has 0 aliphatic carbocycles. The summed E-state index contributed by atoms with van der Waals surface area (Å²) in [6, 6.07) is 3.03. The predicted octanol–water partition coefficient (Wildman–Crippen LogP) is 2.40. The summed E-state index contributed by atoms with van der Waals surface area (Å²) in [5, 5.41) is 2.24. The van der Waals surface area contributed by atoms with Crippen molar-refractivity contribution in [2.45, 2.75) is 13.5 Å². The summed E-state index contributed by atoms with van der Waals surface area (Å²) in [4.78, 5) is 11.2. The smallest absolute Gasteiger partial charge is 0.387 e. The monoisotopic (exact) mass is 263 g/mol. The van der Waals surface area contributed by atoms with Gasteiger partial charge in [0.25, 0.3) is 0 Å². The third-order valence-electron chi connectivity index (χ3n) is 1.88. The second kappa shape index (κ2) is 6.85. The molecule has 0 saturated heterocycles. The van der Waals surface area contributed by atoms with Gasteiger partial charge in [-0.25, -0.2) is 4.39 Å². The zero-order valence-corrected chi connectivity index (χ0v) is 9.58. The second-order valence-electron chi connectivity index (χ2n) is 3.21. The Balaban J connectivity index is 2.64. The fourth-order valence-corrected chi connectivity index (χ4v) is 1.15. The Morgan fingerprint density at radius 2 is 2.17 bits per heavy atom. The number of nitrogens with one attached hydrogen (secondary N) is 1. The molecule has 0 atom stereocenters. The molecule has 1 aromatic rings. The first kappa shape index (κ1) is 14.3. The first-order valence-electron chi connectivity index (χ1n) is 5.15. The molecule has 0 aliphatic rings. The van der Waals surface area contributed by atoms with Crippen molar-refractivity contribution in [3.05, 3.63) is 24.0 Å². The first-order chi connectivity index (χ1) is 8.52. The summed E-state index contributed by atoms with van der Waals surface area (Å²) >= 11 is 0. The number of alkyl halides is 2. The number of hydrogen-bond donors (Lipinski definition) is 1. The fraction of sp³-hybridized carbons (Fsp3) is 0.364. The van der Waals surface area contributed by atoms with Crippen molar-refractivity contribution in [2.24, 2.45) is 0 Å². The van der Waals surface area contributed by atoms with Gasteiger partial charge in [-0.15, -0.1) is 0 Å². The molecule has 0 aliphatic heterocycles. The van der Waals surface area contributed by atoms with E-state index < -0.39 is 18.3 Å². The van der Waals surface area contributed by atoms with Crippen molar-refractivity contribution in [2.75, 3.05) is 18.5 Å². The fourth-order valence-electron chi connectivity index (χ4n) is 1.15. The lowest BCUT2D eigenvalue weighted by atomic mass is 10.3. The van der Waals surface area contributed by atoms with Gasteiger partial charge >= 0.3 is 6.61 Å². The quantitative estimate of drug-likeness (QED) is 0.857. The van der Waals surface area contributed by atoms with E-state index in [1.807, 2.05) is 0 Å². The van der Waals surface area contributed by atoms with Crippen LogP contribution in [0.2, 0.25) is 0 Å². The number of amides is 1. The Kier molecular flexibility index (Phi) is 5.44. The number of ether oxygens (including phenoxy) is 2. The van der Waals surface area contributed by atoms with Crippen LogP contribution >= 0.6 is 0 Å². The molecule has 0 bridgehead atoms. The second-order valence-corrected chi connectivity index (χ2v) is 3.21. The lowest BCUT2D eigenvalue weighted by molar-refractivity contribution is -0.120. The van der Waals surface area contributed by atoms with Crippen LogP contribution in [0.4, 0.5) is 18.9 Å². The van der Waals surface area contributed by atoms with Crippen molar-refractivity contribution in [3.8, 4) is 5.75 Å². The highest BCUT2D eigenvalue weighted by Crippen LogP contribution is 2.21. The maximum absolute atomic E-state index is 13.4. The van der Waals surface area contributed by atoms with Gasteiger partial charge in [0.1, 0.15) is 18.2 Å². The molecule has 0 radical (unpaired) electrons. The van der Waals surface area contributed by atoms with Gasteiger partial charge < -0.3 is 14.8 Å². The molecule has 7 heteroatoms. The van der Waals surface area contributed by atoms with Gasteiger partial charge in [0.2, 0.25) is 5.91 Å². The molecule has 4 nitrogen and oxygen atoms in total. The number of carbonyl (C=O) groups is 1. The van der Waals surface area contributed by atoms with Crippen LogP contribution in [0.1, 0.15) is 6.92 Å². The molecular formula is C11H12F3NO3. The lowest BCUT2D eigenvalue weighted by Crippen LogP contribution is -2.19. The maximum Gasteiger partial charge on any atom is 0.387 e. The maximum atomic E-state index is 13.4. The van der Waals surface area contributed by atoms with E-state index in [1.165, 1.54) is 0 Å². The van der Waals surface area contributed by atoms with Crippen molar-refractivity contribution >= 4 is 11.6 Å². The first-order valence-corrected chi connectivity index (χ1v) is 5.15. The molecule has 0 heterocycles. The standard InChI is InChI=1S/C11H12F3NO3/c1-2-17-6-10(16)15-9-4-3-7(5-8(9)12)18-11(13)14/h3-5,11H,2,6H2,1H3,(H,15,16). The number of hydrogen-bond acceptors (Lipinski definition) is 3. The molecule has 0 unspecified atom stereocenters. The SMILES string of the molecule is CCOCC(=O)Nc1ccc(OC(F)F)cc1F. The number of halogens is 3. The predicted molar refractivity (Wildman–Crippen MR) is 58.2 cm³/mol. The van der Waals surface area contributed by atoms with E-state index in [-0.39, 0.29) is 18.0 Å². The van der Waals surface area contributed by atoms with Gasteiger partial charge in [-0.3, -0.25) is 4.79 Å². The molecule has 100 valence electrons. The van der Waals surface area contributed by atoms with Gasteiger partial charge in [-0.1, -0.05) is 0 Å². The molecule has 0 aromatic heterocycles. The van der Waals surface area contributed by atoms with E-state index >= 15 is 0 Å².